The second-order valence-electron chi connectivity index (χ2n) is 4.76. The van der Waals surface area contributed by atoms with Crippen molar-refractivity contribution in [3.63, 3.8) is 0 Å². The highest BCUT2D eigenvalue weighted by Gasteiger charge is 2.17. The van der Waals surface area contributed by atoms with Crippen molar-refractivity contribution in [2.45, 2.75) is 5.38 Å². The summed E-state index contributed by atoms with van der Waals surface area (Å²) >= 11 is 6.56. The minimum Gasteiger partial charge on any atom is -0.496 e. The van der Waals surface area contributed by atoms with Gasteiger partial charge in [0.05, 0.1) is 18.0 Å². The number of halogens is 1. The van der Waals surface area contributed by atoms with Crippen LogP contribution < -0.4 is 10.5 Å². The lowest BCUT2D eigenvalue weighted by Crippen LogP contribution is -2.08. The van der Waals surface area contributed by atoms with Crippen LogP contribution in [0.15, 0.2) is 51.7 Å². The molecule has 21 heavy (non-hydrogen) atoms. The Bertz CT molecular complexity index is 850. The normalized spacial score (nSPS) is 12.5. The molecule has 0 aliphatic rings. The maximum absolute atomic E-state index is 11.5. The number of oxazole rings is 1. The van der Waals surface area contributed by atoms with Crippen molar-refractivity contribution in [1.82, 2.24) is 4.57 Å². The second kappa shape index (κ2) is 5.30. The fraction of sp³-hybridized carbons (Fsp3) is 0.188. The molecule has 3 rings (SSSR count). The van der Waals surface area contributed by atoms with Crippen LogP contribution in [0, 0.1) is 0 Å². The van der Waals surface area contributed by atoms with Gasteiger partial charge in [-0.3, -0.25) is 4.57 Å². The molecule has 4 nitrogen and oxygen atoms in total. The van der Waals surface area contributed by atoms with Crippen molar-refractivity contribution in [3.8, 4) is 5.75 Å². The molecule has 0 N–H and O–H groups in total. The standard InChI is InChI=1S/C16H14ClNO3/c1-18-12-8-7-10(9-14(12)21-16(18)19)15(17)11-5-3-4-6-13(11)20-2/h3-9,15H,1-2H3. The molecule has 0 aliphatic heterocycles. The van der Waals surface area contributed by atoms with Gasteiger partial charge in [-0.15, -0.1) is 11.6 Å². The Morgan fingerprint density at radius 1 is 1.24 bits per heavy atom. The van der Waals surface area contributed by atoms with E-state index in [0.717, 1.165) is 22.4 Å². The predicted molar refractivity (Wildman–Crippen MR) is 82.1 cm³/mol. The van der Waals surface area contributed by atoms with E-state index in [1.165, 1.54) is 4.57 Å². The van der Waals surface area contributed by atoms with E-state index in [2.05, 4.69) is 0 Å². The molecule has 2 aromatic carbocycles. The van der Waals surface area contributed by atoms with Crippen molar-refractivity contribution in [1.29, 1.82) is 0 Å². The highest BCUT2D eigenvalue weighted by molar-refractivity contribution is 6.23. The van der Waals surface area contributed by atoms with Gasteiger partial charge in [0.25, 0.3) is 0 Å². The van der Waals surface area contributed by atoms with Crippen LogP contribution in [0.25, 0.3) is 11.1 Å². The SMILES string of the molecule is COc1ccccc1C(Cl)c1ccc2c(c1)oc(=O)n2C. The van der Waals surface area contributed by atoms with E-state index in [9.17, 15) is 4.79 Å². The molecule has 3 aromatic rings. The lowest BCUT2D eigenvalue weighted by Gasteiger charge is -2.14. The maximum atomic E-state index is 11.5. The van der Waals surface area contributed by atoms with Gasteiger partial charge in [0.1, 0.15) is 5.75 Å². The van der Waals surface area contributed by atoms with E-state index >= 15 is 0 Å². The Morgan fingerprint density at radius 2 is 2.00 bits per heavy atom. The number of nitrogens with zero attached hydrogens (tertiary/aromatic N) is 1. The monoisotopic (exact) mass is 303 g/mol. The number of benzene rings is 2. The molecule has 0 bridgehead atoms. The number of hydrogen-bond donors (Lipinski definition) is 0. The van der Waals surface area contributed by atoms with E-state index in [1.54, 1.807) is 20.2 Å². The Morgan fingerprint density at radius 3 is 2.76 bits per heavy atom. The third kappa shape index (κ3) is 2.32. The van der Waals surface area contributed by atoms with Crippen molar-refractivity contribution < 1.29 is 9.15 Å². The van der Waals surface area contributed by atoms with E-state index in [1.807, 2.05) is 36.4 Å². The Kier molecular flexibility index (Phi) is 3.47. The van der Waals surface area contributed by atoms with Crippen LogP contribution in [0.2, 0.25) is 0 Å². The summed E-state index contributed by atoms with van der Waals surface area (Å²) in [5.41, 5.74) is 3.00. The van der Waals surface area contributed by atoms with Crippen LogP contribution in [0.5, 0.6) is 5.75 Å². The van der Waals surface area contributed by atoms with Gasteiger partial charge in [0.15, 0.2) is 5.58 Å². The van der Waals surface area contributed by atoms with E-state index in [4.69, 9.17) is 20.8 Å². The zero-order valence-corrected chi connectivity index (χ0v) is 12.4. The first-order valence-corrected chi connectivity index (χ1v) is 6.92. The number of methoxy groups -OCH3 is 1. The van der Waals surface area contributed by atoms with Gasteiger partial charge in [-0.2, -0.15) is 0 Å². The van der Waals surface area contributed by atoms with E-state index in [0.29, 0.717) is 5.58 Å². The smallest absolute Gasteiger partial charge is 0.419 e. The van der Waals surface area contributed by atoms with Gasteiger partial charge in [-0.25, -0.2) is 4.79 Å². The Balaban J connectivity index is 2.09. The van der Waals surface area contributed by atoms with E-state index in [-0.39, 0.29) is 11.1 Å². The molecule has 1 aromatic heterocycles. The highest BCUT2D eigenvalue weighted by atomic mass is 35.5. The highest BCUT2D eigenvalue weighted by Crippen LogP contribution is 2.35. The number of fused-ring (bicyclic) bond motifs is 1. The summed E-state index contributed by atoms with van der Waals surface area (Å²) in [5.74, 6) is 0.345. The molecule has 0 fully saturated rings. The molecule has 0 amide bonds. The van der Waals surface area contributed by atoms with Crippen LogP contribution in [0.3, 0.4) is 0 Å². The molecule has 1 atom stereocenters. The molecule has 0 aliphatic carbocycles. The Labute approximate surface area is 126 Å². The number of aromatic nitrogens is 1. The van der Waals surface area contributed by atoms with Crippen LogP contribution >= 0.6 is 11.6 Å². The van der Waals surface area contributed by atoms with Gasteiger partial charge in [0.2, 0.25) is 0 Å². The average molecular weight is 304 g/mol. The van der Waals surface area contributed by atoms with E-state index < -0.39 is 0 Å². The number of rotatable bonds is 3. The molecule has 108 valence electrons. The number of aryl methyl sites for hydroxylation is 1. The van der Waals surface area contributed by atoms with Gasteiger partial charge in [-0.05, 0) is 23.8 Å². The van der Waals surface area contributed by atoms with Crippen LogP contribution in [0.4, 0.5) is 0 Å². The molecule has 0 spiro atoms. The van der Waals surface area contributed by atoms with Gasteiger partial charge in [0, 0.05) is 12.6 Å². The third-order valence-corrected chi connectivity index (χ3v) is 4.01. The summed E-state index contributed by atoms with van der Waals surface area (Å²) in [6.07, 6.45) is 0. The first kappa shape index (κ1) is 13.8. The fourth-order valence-corrected chi connectivity index (χ4v) is 2.68. The van der Waals surface area contributed by atoms with Crippen LogP contribution in [0.1, 0.15) is 16.5 Å². The molecule has 0 saturated heterocycles. The minimum absolute atomic E-state index is 0.379. The number of alkyl halides is 1. The average Bonchev–Trinajstić information content (AvgIpc) is 2.80. The minimum atomic E-state index is -0.384. The zero-order valence-electron chi connectivity index (χ0n) is 11.7. The first-order chi connectivity index (χ1) is 10.1. The molecule has 1 unspecified atom stereocenters. The largest absolute Gasteiger partial charge is 0.496 e. The Hall–Kier alpha value is -2.20. The van der Waals surface area contributed by atoms with Crippen molar-refractivity contribution >= 4 is 22.7 Å². The van der Waals surface area contributed by atoms with Crippen LogP contribution in [-0.4, -0.2) is 11.7 Å². The topological polar surface area (TPSA) is 44.4 Å². The maximum Gasteiger partial charge on any atom is 0.419 e. The molecule has 1 heterocycles. The lowest BCUT2D eigenvalue weighted by molar-refractivity contribution is 0.410. The number of hydrogen-bond acceptors (Lipinski definition) is 3. The summed E-state index contributed by atoms with van der Waals surface area (Å²) in [6.45, 7) is 0. The van der Waals surface area contributed by atoms with Gasteiger partial charge < -0.3 is 9.15 Å². The van der Waals surface area contributed by atoms with Crippen molar-refractivity contribution in [2.24, 2.45) is 7.05 Å². The molecule has 0 radical (unpaired) electrons. The quantitative estimate of drug-likeness (QED) is 0.696. The summed E-state index contributed by atoms with van der Waals surface area (Å²) in [6, 6.07) is 13.1. The molecular weight excluding hydrogens is 290 g/mol. The fourth-order valence-electron chi connectivity index (χ4n) is 2.36. The van der Waals surface area contributed by atoms with Crippen LogP contribution in [-0.2, 0) is 7.05 Å². The van der Waals surface area contributed by atoms with Crippen molar-refractivity contribution in [2.75, 3.05) is 7.11 Å². The molecule has 5 heteroatoms. The molecule has 0 saturated carbocycles. The summed E-state index contributed by atoms with van der Waals surface area (Å²) < 4.78 is 12.0. The number of ether oxygens (including phenoxy) is 1. The van der Waals surface area contributed by atoms with Gasteiger partial charge in [-0.1, -0.05) is 24.3 Å². The first-order valence-electron chi connectivity index (χ1n) is 6.48. The second-order valence-corrected chi connectivity index (χ2v) is 5.20. The lowest BCUT2D eigenvalue weighted by atomic mass is 10.0. The predicted octanol–water partition coefficient (Wildman–Crippen LogP) is 3.47. The van der Waals surface area contributed by atoms with Gasteiger partial charge >= 0.3 is 5.76 Å². The third-order valence-electron chi connectivity index (χ3n) is 3.52. The summed E-state index contributed by atoms with van der Waals surface area (Å²) in [7, 11) is 3.29. The number of para-hydroxylation sites is 1. The van der Waals surface area contributed by atoms with Crippen molar-refractivity contribution in [3.05, 3.63) is 64.1 Å². The summed E-state index contributed by atoms with van der Waals surface area (Å²) in [5, 5.41) is -0.379. The zero-order chi connectivity index (χ0) is 15.0. The summed E-state index contributed by atoms with van der Waals surface area (Å²) in [4.78, 5) is 11.5. The molecular formula is C16H14ClNO3.